The predicted octanol–water partition coefficient (Wildman–Crippen LogP) is 5.41. The van der Waals surface area contributed by atoms with Crippen LogP contribution < -0.4 is 15.3 Å². The second-order valence-electron chi connectivity index (χ2n) is 9.21. The number of allylic oxidation sites excluding steroid dienone is 1. The van der Waals surface area contributed by atoms with E-state index >= 15 is 0 Å². The van der Waals surface area contributed by atoms with Crippen LogP contribution in [0, 0.1) is 0 Å². The minimum atomic E-state index is -1.72. The van der Waals surface area contributed by atoms with Gasteiger partial charge in [-0.3, -0.25) is 0 Å². The molecule has 0 atom stereocenters. The molecule has 1 aliphatic carbocycles. The van der Waals surface area contributed by atoms with Gasteiger partial charge in [0.05, 0.1) is 0 Å². The molecule has 3 nitrogen and oxygen atoms in total. The van der Waals surface area contributed by atoms with Gasteiger partial charge in [-0.25, -0.2) is 0 Å². The number of thiophene rings is 1. The van der Waals surface area contributed by atoms with Crippen molar-refractivity contribution in [2.75, 3.05) is 4.90 Å². The summed E-state index contributed by atoms with van der Waals surface area (Å²) in [4.78, 5) is 28.7. The summed E-state index contributed by atoms with van der Waals surface area (Å²) in [6, 6.07) is 26.9. The zero-order chi connectivity index (χ0) is 22.9. The maximum atomic E-state index is 12.8. The molecule has 7 rings (SSSR count). The fraction of sp³-hybridized carbons (Fsp3) is 0.143. The first kappa shape index (κ1) is 20.8. The SMILES string of the molecule is O=C1/C(=C\c2ccc(N3c4ccccc4[Si]4(CCCC4)c4ccccc43)[te]2)C(=O)c2sccc21. The van der Waals surface area contributed by atoms with Crippen LogP contribution in [0.25, 0.3) is 6.08 Å². The molecule has 2 aromatic heterocycles. The molecular formula is C28H21NO2SSiTe. The molecule has 3 aliphatic rings. The number of Topliss-reactive ketones (excluding diaryl/α,β-unsaturated/α-hetero) is 2. The quantitative estimate of drug-likeness (QED) is 0.178. The molecule has 0 bridgehead atoms. The van der Waals surface area contributed by atoms with Gasteiger partial charge in [0.15, 0.2) is 0 Å². The molecule has 166 valence electrons. The van der Waals surface area contributed by atoms with E-state index in [1.165, 1.54) is 51.3 Å². The monoisotopic (exact) mass is 593 g/mol. The molecule has 1 fully saturated rings. The van der Waals surface area contributed by atoms with E-state index in [2.05, 4.69) is 65.6 Å². The molecule has 4 aromatic rings. The molecule has 6 heteroatoms. The van der Waals surface area contributed by atoms with E-state index < -0.39 is 28.5 Å². The maximum absolute atomic E-state index is 12.8. The van der Waals surface area contributed by atoms with Gasteiger partial charge in [0.25, 0.3) is 0 Å². The van der Waals surface area contributed by atoms with Gasteiger partial charge in [-0.1, -0.05) is 0 Å². The van der Waals surface area contributed by atoms with Gasteiger partial charge in [0, 0.05) is 0 Å². The van der Waals surface area contributed by atoms with E-state index in [1.54, 1.807) is 16.4 Å². The van der Waals surface area contributed by atoms with Crippen molar-refractivity contribution in [3.05, 3.63) is 91.7 Å². The van der Waals surface area contributed by atoms with Crippen molar-refractivity contribution in [1.29, 1.82) is 0 Å². The normalized spacial score (nSPS) is 19.1. The van der Waals surface area contributed by atoms with Gasteiger partial charge in [-0.15, -0.1) is 0 Å². The van der Waals surface area contributed by atoms with E-state index in [0.29, 0.717) is 16.0 Å². The van der Waals surface area contributed by atoms with Crippen LogP contribution in [-0.2, 0) is 0 Å². The van der Waals surface area contributed by atoms with Crippen molar-refractivity contribution in [3.8, 4) is 0 Å². The number of hydrogen-bond acceptors (Lipinski definition) is 4. The standard InChI is InChI=1S/C28H21NO2SSiTe/c30-26-19-13-14-32-28(19)27(31)20(26)17-18-11-12-25(34-18)29-21-7-1-3-9-23(21)33(15-5-6-16-33)24-10-4-2-8-22(24)29/h1-4,7-14,17H,5-6,15-16H2/b20-17+. The van der Waals surface area contributed by atoms with Crippen LogP contribution in [0.15, 0.2) is 77.7 Å². The average Bonchev–Trinajstić information content (AvgIpc) is 3.66. The van der Waals surface area contributed by atoms with Crippen LogP contribution in [0.4, 0.5) is 15.1 Å². The number of hydrogen-bond donors (Lipinski definition) is 0. The van der Waals surface area contributed by atoms with Crippen molar-refractivity contribution in [1.82, 2.24) is 0 Å². The zero-order valence-corrected chi connectivity index (χ0v) is 22.6. The Hall–Kier alpha value is -2.49. The van der Waals surface area contributed by atoms with E-state index in [9.17, 15) is 9.59 Å². The summed E-state index contributed by atoms with van der Waals surface area (Å²) >= 11 is 0.617. The number of rotatable bonds is 2. The van der Waals surface area contributed by atoms with Crippen molar-refractivity contribution >= 4 is 82.9 Å². The van der Waals surface area contributed by atoms with Crippen molar-refractivity contribution in [2.24, 2.45) is 0 Å². The first-order valence-electron chi connectivity index (χ1n) is 11.6. The number of anilines is 3. The zero-order valence-electron chi connectivity index (χ0n) is 18.4. The molecular weight excluding hydrogens is 570 g/mol. The molecule has 1 spiro atoms. The molecule has 2 aliphatic heterocycles. The Morgan fingerprint density at radius 1 is 0.824 bits per heavy atom. The van der Waals surface area contributed by atoms with E-state index in [0.717, 1.165) is 3.58 Å². The van der Waals surface area contributed by atoms with Gasteiger partial charge < -0.3 is 0 Å². The van der Waals surface area contributed by atoms with Crippen LogP contribution in [0.5, 0.6) is 0 Å². The van der Waals surface area contributed by atoms with Gasteiger partial charge in [0.2, 0.25) is 0 Å². The number of carbonyl (C=O) groups is 2. The summed E-state index contributed by atoms with van der Waals surface area (Å²) in [6.45, 7) is 0. The Balaban J connectivity index is 1.35. The third kappa shape index (κ3) is 2.86. The van der Waals surface area contributed by atoms with Gasteiger partial charge in [-0.2, -0.15) is 0 Å². The average molecular weight is 591 g/mol. The molecule has 34 heavy (non-hydrogen) atoms. The van der Waals surface area contributed by atoms with E-state index in [-0.39, 0.29) is 11.6 Å². The van der Waals surface area contributed by atoms with Gasteiger partial charge in [0.1, 0.15) is 0 Å². The Morgan fingerprint density at radius 2 is 1.50 bits per heavy atom. The topological polar surface area (TPSA) is 37.4 Å². The predicted molar refractivity (Wildman–Crippen MR) is 143 cm³/mol. The fourth-order valence-corrected chi connectivity index (χ4v) is 15.2. The Morgan fingerprint density at radius 3 is 2.18 bits per heavy atom. The number of nitrogens with zero attached hydrogens (tertiary/aromatic N) is 1. The first-order chi connectivity index (χ1) is 16.7. The van der Waals surface area contributed by atoms with Crippen LogP contribution in [-0.4, -0.2) is 40.1 Å². The molecule has 0 N–H and O–H groups in total. The molecule has 0 amide bonds. The Kier molecular flexibility index (Phi) is 4.76. The third-order valence-electron chi connectivity index (χ3n) is 7.50. The van der Waals surface area contributed by atoms with Crippen molar-refractivity contribution in [3.63, 3.8) is 0 Å². The molecule has 2 aromatic carbocycles. The van der Waals surface area contributed by atoms with Gasteiger partial charge >= 0.3 is 214 Å². The number of ketones is 2. The summed E-state index contributed by atoms with van der Waals surface area (Å²) < 4.78 is 2.47. The molecule has 1 saturated heterocycles. The summed E-state index contributed by atoms with van der Waals surface area (Å²) in [5, 5.41) is 4.99. The Labute approximate surface area is 213 Å². The molecule has 0 saturated carbocycles. The van der Waals surface area contributed by atoms with Crippen molar-refractivity contribution < 1.29 is 9.59 Å². The summed E-state index contributed by atoms with van der Waals surface area (Å²) in [6.07, 6.45) is 4.54. The van der Waals surface area contributed by atoms with Crippen molar-refractivity contribution in [2.45, 2.75) is 24.9 Å². The fourth-order valence-electron chi connectivity index (χ4n) is 6.02. The minimum absolute atomic E-state index is 0.111. The number of para-hydroxylation sites is 2. The van der Waals surface area contributed by atoms with Crippen LogP contribution in [0.3, 0.4) is 0 Å². The van der Waals surface area contributed by atoms with Crippen LogP contribution in [0.1, 0.15) is 36.5 Å². The summed E-state index contributed by atoms with van der Waals surface area (Å²) in [7, 11) is -1.72. The molecule has 4 heterocycles. The molecule has 0 unspecified atom stereocenters. The van der Waals surface area contributed by atoms with E-state index in [1.807, 2.05) is 11.5 Å². The second-order valence-corrected chi connectivity index (χ2v) is 17.5. The van der Waals surface area contributed by atoms with Crippen LogP contribution in [0.2, 0.25) is 12.1 Å². The number of benzene rings is 2. The van der Waals surface area contributed by atoms with E-state index in [4.69, 9.17) is 0 Å². The number of carbonyl (C=O) groups excluding carboxylic acids is 2. The first-order valence-corrected chi connectivity index (χ1v) is 17.3. The number of fused-ring (bicyclic) bond motifs is 5. The summed E-state index contributed by atoms with van der Waals surface area (Å²) in [5.41, 5.74) is 3.61. The third-order valence-corrected chi connectivity index (χ3v) is 16.6. The Bertz CT molecular complexity index is 1440. The molecule has 0 radical (unpaired) electrons. The second kappa shape index (κ2) is 7.76. The van der Waals surface area contributed by atoms with Crippen LogP contribution >= 0.6 is 11.3 Å². The van der Waals surface area contributed by atoms with Gasteiger partial charge in [-0.05, 0) is 0 Å². The summed E-state index contributed by atoms with van der Waals surface area (Å²) in [5.74, 6) is -0.231.